The van der Waals surface area contributed by atoms with Crippen LogP contribution >= 0.6 is 15.9 Å². The number of hydrogen-bond donors (Lipinski definition) is 0. The van der Waals surface area contributed by atoms with Crippen molar-refractivity contribution in [2.45, 2.75) is 0 Å². The number of halogens is 1. The molecule has 0 spiro atoms. The summed E-state index contributed by atoms with van der Waals surface area (Å²) in [6, 6.07) is 1.87. The average Bonchev–Trinajstić information content (AvgIpc) is 2.66. The third kappa shape index (κ3) is 1.72. The van der Waals surface area contributed by atoms with Gasteiger partial charge in [0.15, 0.2) is 6.29 Å². The first-order valence-electron chi connectivity index (χ1n) is 3.90. The first kappa shape index (κ1) is 9.08. The Morgan fingerprint density at radius 2 is 2.21 bits per heavy atom. The van der Waals surface area contributed by atoms with Crippen molar-refractivity contribution in [2.24, 2.45) is 0 Å². The summed E-state index contributed by atoms with van der Waals surface area (Å²) >= 11 is 3.31. The highest BCUT2D eigenvalue weighted by Crippen LogP contribution is 2.12. The molecule has 0 saturated heterocycles. The lowest BCUT2D eigenvalue weighted by molar-refractivity contribution is 0.112. The molecule has 2 rings (SSSR count). The van der Waals surface area contributed by atoms with E-state index in [2.05, 4.69) is 26.0 Å². The summed E-state index contributed by atoms with van der Waals surface area (Å²) in [4.78, 5) is 14.4. The van der Waals surface area contributed by atoms with Crippen LogP contribution in [-0.4, -0.2) is 21.1 Å². The fraction of sp³-hybridized carbons (Fsp3) is 0. The van der Waals surface area contributed by atoms with Crippen molar-refractivity contribution in [3.05, 3.63) is 40.9 Å². The lowest BCUT2D eigenvalue weighted by Crippen LogP contribution is -1.94. The Hall–Kier alpha value is -1.49. The van der Waals surface area contributed by atoms with Crippen LogP contribution < -0.4 is 0 Å². The van der Waals surface area contributed by atoms with Crippen LogP contribution in [0.15, 0.2) is 35.3 Å². The van der Waals surface area contributed by atoms with Gasteiger partial charge in [-0.2, -0.15) is 5.10 Å². The number of carbonyl (C=O) groups excluding carboxylic acids is 1. The first-order valence-corrected chi connectivity index (χ1v) is 4.69. The predicted molar refractivity (Wildman–Crippen MR) is 54.4 cm³/mol. The molecule has 2 heterocycles. The Labute approximate surface area is 88.7 Å². The van der Waals surface area contributed by atoms with Crippen molar-refractivity contribution in [2.75, 3.05) is 0 Å². The van der Waals surface area contributed by atoms with Crippen molar-refractivity contribution in [3.8, 4) is 5.69 Å². The summed E-state index contributed by atoms with van der Waals surface area (Å²) < 4.78 is 2.47. The molecule has 0 aliphatic carbocycles. The molecule has 14 heavy (non-hydrogen) atoms. The van der Waals surface area contributed by atoms with E-state index in [0.717, 1.165) is 16.4 Å². The quantitative estimate of drug-likeness (QED) is 0.766. The smallest absolute Gasteiger partial charge is 0.153 e. The lowest BCUT2D eigenvalue weighted by Gasteiger charge is -1.99. The minimum absolute atomic E-state index is 0.546. The van der Waals surface area contributed by atoms with Crippen LogP contribution in [0.3, 0.4) is 0 Å². The number of aldehydes is 1. The third-order valence-electron chi connectivity index (χ3n) is 1.69. The molecule has 70 valence electrons. The number of carbonyl (C=O) groups is 1. The fourth-order valence-electron chi connectivity index (χ4n) is 1.06. The largest absolute Gasteiger partial charge is 0.298 e. The molecule has 0 aromatic carbocycles. The maximum Gasteiger partial charge on any atom is 0.153 e. The van der Waals surface area contributed by atoms with E-state index in [4.69, 9.17) is 0 Å². The SMILES string of the molecule is O=Cc1cnn(-c2cncc(Br)c2)c1. The van der Waals surface area contributed by atoms with E-state index < -0.39 is 0 Å². The van der Waals surface area contributed by atoms with Crippen LogP contribution in [0.2, 0.25) is 0 Å². The van der Waals surface area contributed by atoms with E-state index in [9.17, 15) is 4.79 Å². The summed E-state index contributed by atoms with van der Waals surface area (Å²) in [7, 11) is 0. The molecule has 0 atom stereocenters. The third-order valence-corrected chi connectivity index (χ3v) is 2.13. The number of rotatable bonds is 2. The van der Waals surface area contributed by atoms with Crippen molar-refractivity contribution in [1.82, 2.24) is 14.8 Å². The zero-order valence-corrected chi connectivity index (χ0v) is 8.68. The Bertz CT molecular complexity index is 467. The second-order valence-electron chi connectivity index (χ2n) is 2.70. The summed E-state index contributed by atoms with van der Waals surface area (Å²) in [6.07, 6.45) is 7.28. The number of hydrogen-bond acceptors (Lipinski definition) is 3. The monoisotopic (exact) mass is 251 g/mol. The van der Waals surface area contributed by atoms with Gasteiger partial charge in [-0.1, -0.05) is 0 Å². The van der Waals surface area contributed by atoms with E-state index in [1.807, 2.05) is 6.07 Å². The van der Waals surface area contributed by atoms with Gasteiger partial charge in [0.25, 0.3) is 0 Å². The highest BCUT2D eigenvalue weighted by Gasteiger charge is 2.00. The maximum absolute atomic E-state index is 10.4. The normalized spacial score (nSPS) is 10.1. The summed E-state index contributed by atoms with van der Waals surface area (Å²) in [5.74, 6) is 0. The zero-order valence-electron chi connectivity index (χ0n) is 7.09. The minimum atomic E-state index is 0.546. The van der Waals surface area contributed by atoms with Gasteiger partial charge in [0, 0.05) is 16.9 Å². The van der Waals surface area contributed by atoms with E-state index in [0.29, 0.717) is 5.56 Å². The Morgan fingerprint density at radius 3 is 2.86 bits per heavy atom. The molecule has 0 aliphatic rings. The Balaban J connectivity index is 2.43. The van der Waals surface area contributed by atoms with E-state index in [1.54, 1.807) is 23.3 Å². The van der Waals surface area contributed by atoms with Gasteiger partial charge in [-0.05, 0) is 22.0 Å². The number of aromatic nitrogens is 3. The topological polar surface area (TPSA) is 47.8 Å². The zero-order chi connectivity index (χ0) is 9.97. The highest BCUT2D eigenvalue weighted by molar-refractivity contribution is 9.10. The summed E-state index contributed by atoms with van der Waals surface area (Å²) in [6.45, 7) is 0. The van der Waals surface area contributed by atoms with Crippen LogP contribution in [0.25, 0.3) is 5.69 Å². The lowest BCUT2D eigenvalue weighted by atomic mass is 10.4. The van der Waals surface area contributed by atoms with Gasteiger partial charge in [-0.15, -0.1) is 0 Å². The van der Waals surface area contributed by atoms with E-state index in [-0.39, 0.29) is 0 Å². The van der Waals surface area contributed by atoms with Crippen molar-refractivity contribution in [1.29, 1.82) is 0 Å². The molecule has 2 aromatic rings. The van der Waals surface area contributed by atoms with Gasteiger partial charge in [0.1, 0.15) is 0 Å². The molecule has 0 N–H and O–H groups in total. The highest BCUT2D eigenvalue weighted by atomic mass is 79.9. The molecule has 0 saturated carbocycles. The number of pyridine rings is 1. The van der Waals surface area contributed by atoms with Gasteiger partial charge >= 0.3 is 0 Å². The van der Waals surface area contributed by atoms with Crippen LogP contribution in [0.5, 0.6) is 0 Å². The molecule has 0 radical (unpaired) electrons. The Kier molecular flexibility index (Phi) is 2.41. The second-order valence-corrected chi connectivity index (χ2v) is 3.61. The van der Waals surface area contributed by atoms with Gasteiger partial charge < -0.3 is 0 Å². The van der Waals surface area contributed by atoms with E-state index >= 15 is 0 Å². The summed E-state index contributed by atoms with van der Waals surface area (Å²) in [5, 5.41) is 4.02. The van der Waals surface area contributed by atoms with Gasteiger partial charge in [-0.25, -0.2) is 4.68 Å². The van der Waals surface area contributed by atoms with Crippen molar-refractivity contribution < 1.29 is 4.79 Å². The van der Waals surface area contributed by atoms with Crippen molar-refractivity contribution in [3.63, 3.8) is 0 Å². The molecule has 5 heteroatoms. The molecule has 2 aromatic heterocycles. The molecular weight excluding hydrogens is 246 g/mol. The first-order chi connectivity index (χ1) is 6.79. The van der Waals surface area contributed by atoms with Crippen LogP contribution in [0.1, 0.15) is 10.4 Å². The van der Waals surface area contributed by atoms with Gasteiger partial charge in [0.05, 0.1) is 23.6 Å². The standard InChI is InChI=1S/C9H6BrN3O/c10-8-1-9(4-11-3-8)13-5-7(6-14)2-12-13/h1-6H. The molecular formula is C9H6BrN3O. The van der Waals surface area contributed by atoms with E-state index in [1.165, 1.54) is 6.20 Å². The molecule has 0 unspecified atom stereocenters. The van der Waals surface area contributed by atoms with Crippen LogP contribution in [0, 0.1) is 0 Å². The molecule has 0 amide bonds. The molecule has 4 nitrogen and oxygen atoms in total. The average molecular weight is 252 g/mol. The predicted octanol–water partition coefficient (Wildman–Crippen LogP) is 1.84. The maximum atomic E-state index is 10.4. The van der Waals surface area contributed by atoms with Crippen molar-refractivity contribution >= 4 is 22.2 Å². The van der Waals surface area contributed by atoms with Gasteiger partial charge in [0.2, 0.25) is 0 Å². The summed E-state index contributed by atoms with van der Waals surface area (Å²) in [5.41, 5.74) is 1.36. The molecule has 0 aliphatic heterocycles. The van der Waals surface area contributed by atoms with Crippen LogP contribution in [0.4, 0.5) is 0 Å². The second kappa shape index (κ2) is 3.71. The molecule has 0 bridgehead atoms. The molecule has 0 fully saturated rings. The Morgan fingerprint density at radius 1 is 1.36 bits per heavy atom. The number of nitrogens with zero attached hydrogens (tertiary/aromatic N) is 3. The minimum Gasteiger partial charge on any atom is -0.298 e. The fourth-order valence-corrected chi connectivity index (χ4v) is 1.42. The van der Waals surface area contributed by atoms with Gasteiger partial charge in [-0.3, -0.25) is 9.78 Å². The van der Waals surface area contributed by atoms with Crippen LogP contribution in [-0.2, 0) is 0 Å².